The predicted molar refractivity (Wildman–Crippen MR) is 238 cm³/mol. The average molecular weight is 1180 g/mol. The second-order valence-corrected chi connectivity index (χ2v) is 14.9. The van der Waals surface area contributed by atoms with Gasteiger partial charge in [-0.2, -0.15) is 34.0 Å². The van der Waals surface area contributed by atoms with Crippen LogP contribution in [0.25, 0.3) is 83.0 Å². The molecule has 9 nitrogen and oxygen atoms in total. The Kier molecular flexibility index (Phi) is 10.3. The van der Waals surface area contributed by atoms with Gasteiger partial charge >= 0.3 is 42.1 Å². The molecule has 0 saturated heterocycles. The monoisotopic (exact) mass is 1180 g/mol. The number of aryl methyl sites for hydroxylation is 2. The first kappa shape index (κ1) is 40.2. The summed E-state index contributed by atoms with van der Waals surface area (Å²) < 4.78 is 19.5. The third kappa shape index (κ3) is 6.62. The molecule has 0 aliphatic rings. The van der Waals surface area contributed by atoms with E-state index in [1.807, 2.05) is 89.5 Å². The topological polar surface area (TPSA) is 84.8 Å². The minimum Gasteiger partial charge on any atom is -0.509 e. The van der Waals surface area contributed by atoms with Crippen LogP contribution in [-0.2, 0) is 42.1 Å². The molecule has 63 heavy (non-hydrogen) atoms. The zero-order chi connectivity index (χ0) is 40.6. The molecule has 6 aromatic heterocycles. The summed E-state index contributed by atoms with van der Waals surface area (Å²) in [6.07, 6.45) is 7.07. The number of aromatic nitrogens is 7. The number of benzene rings is 6. The fraction of sp³-hybridized carbons (Fsp3) is 0.0385. The van der Waals surface area contributed by atoms with Gasteiger partial charge in [-0.3, -0.25) is 0 Å². The Morgan fingerprint density at radius 3 is 1.29 bits per heavy atom. The molecule has 0 aliphatic carbocycles. The quantitative estimate of drug-likeness (QED) is 0.148. The Morgan fingerprint density at radius 1 is 0.397 bits per heavy atom. The maximum absolute atomic E-state index is 6.64. The summed E-state index contributed by atoms with van der Waals surface area (Å²) in [5.41, 5.74) is 7.33. The molecular weight excluding hydrogens is 1140 g/mol. The summed E-state index contributed by atoms with van der Waals surface area (Å²) in [5, 5.41) is 6.34. The molecule has 0 atom stereocenters. The minimum absolute atomic E-state index is 0. The first-order chi connectivity index (χ1) is 30.1. The van der Waals surface area contributed by atoms with Crippen molar-refractivity contribution in [3.05, 3.63) is 188 Å². The van der Waals surface area contributed by atoms with Crippen LogP contribution in [0.15, 0.2) is 152 Å². The molecule has 0 amide bonds. The molecule has 306 valence electrons. The summed E-state index contributed by atoms with van der Waals surface area (Å²) >= 11 is 0. The van der Waals surface area contributed by atoms with Crippen LogP contribution in [0, 0.1) is 38.1 Å². The van der Waals surface area contributed by atoms with E-state index in [1.165, 1.54) is 0 Å². The number of fused-ring (bicyclic) bond motifs is 9. The minimum atomic E-state index is 0. The number of pyridine rings is 2. The summed E-state index contributed by atoms with van der Waals surface area (Å²) in [7, 11) is 0. The standard InChI is InChI=1S/C52H31N7O2.2Pt/c1-32-26-36(60-34-18-20-40-38-12-3-5-14-42(38)57(44(40)28-34)48-16-7-9-22-53-48)30-46-50(32)51-33(2)27-37(31-47(51)59(46)52-55-24-11-25-56-52)61-35-19-21-41-39-13-4-6-15-43(39)58(45(41)29-35)49-17-8-10-23-54-49;;/h3-27H,1-2H3;;/q-4;2*+2. The van der Waals surface area contributed by atoms with E-state index in [9.17, 15) is 0 Å². The van der Waals surface area contributed by atoms with Gasteiger partial charge in [-0.05, 0) is 53.2 Å². The fourth-order valence-electron chi connectivity index (χ4n) is 8.69. The zero-order valence-corrected chi connectivity index (χ0v) is 38.1. The maximum Gasteiger partial charge on any atom is 2.00 e. The van der Waals surface area contributed by atoms with E-state index in [0.29, 0.717) is 28.9 Å². The molecule has 12 rings (SSSR count). The van der Waals surface area contributed by atoms with Gasteiger partial charge in [0.1, 0.15) is 11.6 Å². The molecule has 0 bridgehead atoms. The fourth-order valence-corrected chi connectivity index (χ4v) is 8.69. The van der Waals surface area contributed by atoms with Gasteiger partial charge in [-0.15, -0.1) is 59.3 Å². The SMILES string of the molecule is Cc1cc(Oc2[c-]c3c(cc2)c2ccccc2n3-c2ccccn2)[c-]c2c1c1c(C)cc(Oc3[c-]c4c(cc3)c3ccccc3n4-c3ccccn3)[c-]c1n2-c1ncccn1.[Pt+2].[Pt+2]. The molecule has 6 aromatic carbocycles. The molecule has 0 unspecified atom stereocenters. The average Bonchev–Trinajstić information content (AvgIpc) is 3.93. The van der Waals surface area contributed by atoms with E-state index < -0.39 is 0 Å². The van der Waals surface area contributed by atoms with Gasteiger partial charge in [0, 0.05) is 58.8 Å². The van der Waals surface area contributed by atoms with Gasteiger partial charge in [0.05, 0.1) is 0 Å². The van der Waals surface area contributed by atoms with Gasteiger partial charge < -0.3 is 23.2 Å². The van der Waals surface area contributed by atoms with Crippen molar-refractivity contribution in [3.63, 3.8) is 0 Å². The summed E-state index contributed by atoms with van der Waals surface area (Å²) in [6, 6.07) is 56.6. The van der Waals surface area contributed by atoms with Crippen LogP contribution in [0.4, 0.5) is 0 Å². The van der Waals surface area contributed by atoms with Crippen LogP contribution in [0.1, 0.15) is 11.1 Å². The van der Waals surface area contributed by atoms with Gasteiger partial charge in [-0.25, -0.2) is 19.9 Å². The molecule has 0 N–H and O–H groups in total. The van der Waals surface area contributed by atoms with Gasteiger partial charge in [-0.1, -0.05) is 84.4 Å². The second-order valence-electron chi connectivity index (χ2n) is 14.9. The Balaban J connectivity index is 0.00000236. The Hall–Kier alpha value is -6.92. The van der Waals surface area contributed by atoms with Crippen molar-refractivity contribution in [1.82, 2.24) is 33.6 Å². The van der Waals surface area contributed by atoms with Gasteiger partial charge in [0.15, 0.2) is 0 Å². The normalized spacial score (nSPS) is 11.4. The van der Waals surface area contributed by atoms with E-state index in [4.69, 9.17) is 19.4 Å². The molecule has 0 saturated carbocycles. The molecule has 0 spiro atoms. The Morgan fingerprint density at radius 2 is 0.825 bits per heavy atom. The molecule has 6 heterocycles. The van der Waals surface area contributed by atoms with Crippen molar-refractivity contribution in [2.75, 3.05) is 0 Å². The van der Waals surface area contributed by atoms with E-state index in [2.05, 4.69) is 93.6 Å². The van der Waals surface area contributed by atoms with Crippen molar-refractivity contribution >= 4 is 65.4 Å². The maximum atomic E-state index is 6.64. The van der Waals surface area contributed by atoms with Crippen molar-refractivity contribution in [2.45, 2.75) is 13.8 Å². The second kappa shape index (κ2) is 16.1. The van der Waals surface area contributed by atoms with Crippen molar-refractivity contribution in [3.8, 4) is 40.6 Å². The van der Waals surface area contributed by atoms with E-state index in [0.717, 1.165) is 88.2 Å². The van der Waals surface area contributed by atoms with Crippen LogP contribution in [0.3, 0.4) is 0 Å². The number of hydrogen-bond acceptors (Lipinski definition) is 6. The number of para-hydroxylation sites is 2. The zero-order valence-electron chi connectivity index (χ0n) is 33.5. The number of hydrogen-bond donors (Lipinski definition) is 0. The van der Waals surface area contributed by atoms with E-state index in [-0.39, 0.29) is 42.1 Å². The molecular formula is C52H31N7O2Pt2. The van der Waals surface area contributed by atoms with Crippen LogP contribution >= 0.6 is 0 Å². The third-order valence-corrected chi connectivity index (χ3v) is 11.2. The molecule has 0 radical (unpaired) electrons. The molecule has 0 fully saturated rings. The number of ether oxygens (including phenoxy) is 2. The predicted octanol–water partition coefficient (Wildman–Crippen LogP) is 12.0. The molecule has 0 aliphatic heterocycles. The smallest absolute Gasteiger partial charge is 0.509 e. The third-order valence-electron chi connectivity index (χ3n) is 11.2. The van der Waals surface area contributed by atoms with Crippen molar-refractivity contribution in [2.24, 2.45) is 0 Å². The van der Waals surface area contributed by atoms with Gasteiger partial charge in [0.2, 0.25) is 5.95 Å². The largest absolute Gasteiger partial charge is 2.00 e. The van der Waals surface area contributed by atoms with Crippen LogP contribution in [0.2, 0.25) is 0 Å². The van der Waals surface area contributed by atoms with E-state index >= 15 is 0 Å². The summed E-state index contributed by atoms with van der Waals surface area (Å²) in [6.45, 7) is 4.17. The first-order valence-corrected chi connectivity index (χ1v) is 19.9. The van der Waals surface area contributed by atoms with Gasteiger partial charge in [0.25, 0.3) is 0 Å². The summed E-state index contributed by atoms with van der Waals surface area (Å²) in [5.74, 6) is 4.25. The molecule has 11 heteroatoms. The van der Waals surface area contributed by atoms with Crippen molar-refractivity contribution < 1.29 is 51.6 Å². The van der Waals surface area contributed by atoms with Crippen LogP contribution in [0.5, 0.6) is 23.0 Å². The Labute approximate surface area is 390 Å². The molecule has 12 aromatic rings. The van der Waals surface area contributed by atoms with Crippen molar-refractivity contribution in [1.29, 1.82) is 0 Å². The Bertz CT molecular complexity index is 3460. The van der Waals surface area contributed by atoms with Crippen LogP contribution in [-0.4, -0.2) is 33.6 Å². The number of rotatable bonds is 7. The summed E-state index contributed by atoms with van der Waals surface area (Å²) in [4.78, 5) is 18.7. The first-order valence-electron chi connectivity index (χ1n) is 19.9. The van der Waals surface area contributed by atoms with E-state index in [1.54, 1.807) is 30.9 Å². The van der Waals surface area contributed by atoms with Crippen LogP contribution < -0.4 is 9.47 Å². The number of nitrogens with zero attached hydrogens (tertiary/aromatic N) is 7.